The largest absolute Gasteiger partial charge is 0.394 e. The number of amides is 1. The Hall–Kier alpha value is -1.72. The number of aryl methyl sites for hydroxylation is 2. The molecular weight excluding hydrogens is 182 g/mol. The average molecular weight is 197 g/mol. The number of hydrogen-bond acceptors (Lipinski definition) is 4. The van der Waals surface area contributed by atoms with E-state index in [1.807, 2.05) is 6.92 Å². The topological polar surface area (TPSA) is 85.0 Å². The predicted octanol–water partition coefficient (Wildman–Crippen LogP) is -0.531. The molecule has 0 aliphatic rings. The van der Waals surface area contributed by atoms with Gasteiger partial charge in [-0.05, 0) is 6.92 Å². The molecule has 1 amide bonds. The number of likely N-dealkylation sites (N-methyl/N-ethyl adjacent to an activating group) is 1. The summed E-state index contributed by atoms with van der Waals surface area (Å²) in [5, 5.41) is 9.54. The predicted molar refractivity (Wildman–Crippen MR) is 54.9 cm³/mol. The van der Waals surface area contributed by atoms with Crippen molar-refractivity contribution in [1.29, 1.82) is 0 Å². The molecule has 0 unspecified atom stereocenters. The first-order valence-corrected chi connectivity index (χ1v) is 4.29. The molecule has 78 valence electrons. The highest BCUT2D eigenvalue weighted by atomic mass is 16.1. The van der Waals surface area contributed by atoms with E-state index in [1.165, 1.54) is 0 Å². The van der Waals surface area contributed by atoms with Crippen molar-refractivity contribution in [3.05, 3.63) is 5.69 Å². The standard InChI is InChI=1S/C8H15N5O/c1-5-7(9)8(13(3)12-5)11-4-6(14)10-2/h11H,4,9H2,1-3H3,(H,10,14). The summed E-state index contributed by atoms with van der Waals surface area (Å²) in [5.41, 5.74) is 7.09. The van der Waals surface area contributed by atoms with Gasteiger partial charge in [0.2, 0.25) is 5.91 Å². The summed E-state index contributed by atoms with van der Waals surface area (Å²) in [6, 6.07) is 0. The first-order valence-electron chi connectivity index (χ1n) is 4.29. The Morgan fingerprint density at radius 3 is 2.71 bits per heavy atom. The van der Waals surface area contributed by atoms with Crippen molar-refractivity contribution >= 4 is 17.4 Å². The normalized spacial score (nSPS) is 9.93. The van der Waals surface area contributed by atoms with Crippen molar-refractivity contribution in [3.63, 3.8) is 0 Å². The van der Waals surface area contributed by atoms with Crippen LogP contribution in [0, 0.1) is 6.92 Å². The van der Waals surface area contributed by atoms with E-state index in [-0.39, 0.29) is 12.5 Å². The van der Waals surface area contributed by atoms with Gasteiger partial charge in [0.15, 0.2) is 0 Å². The molecule has 1 aromatic rings. The van der Waals surface area contributed by atoms with E-state index < -0.39 is 0 Å². The third-order valence-electron chi connectivity index (χ3n) is 1.96. The Bertz CT molecular complexity index is 344. The molecule has 0 fully saturated rings. The van der Waals surface area contributed by atoms with Crippen LogP contribution in [0.2, 0.25) is 0 Å². The van der Waals surface area contributed by atoms with E-state index in [2.05, 4.69) is 15.7 Å². The smallest absolute Gasteiger partial charge is 0.239 e. The Balaban J connectivity index is 2.71. The van der Waals surface area contributed by atoms with Gasteiger partial charge < -0.3 is 16.4 Å². The second kappa shape index (κ2) is 3.99. The zero-order chi connectivity index (χ0) is 10.7. The number of rotatable bonds is 3. The Morgan fingerprint density at radius 2 is 2.29 bits per heavy atom. The fraction of sp³-hybridized carbons (Fsp3) is 0.500. The number of anilines is 2. The van der Waals surface area contributed by atoms with Crippen LogP contribution in [-0.2, 0) is 11.8 Å². The highest BCUT2D eigenvalue weighted by molar-refractivity contribution is 5.81. The van der Waals surface area contributed by atoms with E-state index in [4.69, 9.17) is 5.73 Å². The monoisotopic (exact) mass is 197 g/mol. The number of nitrogens with two attached hydrogens (primary N) is 1. The number of nitrogens with one attached hydrogen (secondary N) is 2. The van der Waals surface area contributed by atoms with Crippen LogP contribution >= 0.6 is 0 Å². The van der Waals surface area contributed by atoms with Gasteiger partial charge in [0.05, 0.1) is 17.9 Å². The van der Waals surface area contributed by atoms with Crippen molar-refractivity contribution in [2.45, 2.75) is 6.92 Å². The van der Waals surface area contributed by atoms with Gasteiger partial charge in [-0.2, -0.15) is 5.10 Å². The van der Waals surface area contributed by atoms with E-state index in [9.17, 15) is 4.79 Å². The maximum absolute atomic E-state index is 11.0. The SMILES string of the molecule is CNC(=O)CNc1c(N)c(C)nn1C. The molecule has 1 rings (SSSR count). The number of carbonyl (C=O) groups excluding carboxylic acids is 1. The van der Waals surface area contributed by atoms with Crippen LogP contribution in [0.25, 0.3) is 0 Å². The van der Waals surface area contributed by atoms with Crippen LogP contribution < -0.4 is 16.4 Å². The van der Waals surface area contributed by atoms with Crippen LogP contribution in [0.5, 0.6) is 0 Å². The second-order valence-corrected chi connectivity index (χ2v) is 3.00. The molecule has 6 nitrogen and oxygen atoms in total. The quantitative estimate of drug-likeness (QED) is 0.608. The van der Waals surface area contributed by atoms with Gasteiger partial charge in [-0.15, -0.1) is 0 Å². The van der Waals surface area contributed by atoms with Crippen LogP contribution in [0.3, 0.4) is 0 Å². The third-order valence-corrected chi connectivity index (χ3v) is 1.96. The molecule has 14 heavy (non-hydrogen) atoms. The first-order chi connectivity index (χ1) is 6.56. The maximum Gasteiger partial charge on any atom is 0.239 e. The molecule has 1 heterocycles. The van der Waals surface area contributed by atoms with Gasteiger partial charge in [0.1, 0.15) is 5.82 Å². The molecule has 4 N–H and O–H groups in total. The highest BCUT2D eigenvalue weighted by Gasteiger charge is 2.09. The lowest BCUT2D eigenvalue weighted by molar-refractivity contribution is -0.118. The molecule has 0 saturated heterocycles. The van der Waals surface area contributed by atoms with Gasteiger partial charge in [0.25, 0.3) is 0 Å². The number of nitrogen functional groups attached to an aromatic ring is 1. The minimum absolute atomic E-state index is 0.0942. The number of aromatic nitrogens is 2. The van der Waals surface area contributed by atoms with Gasteiger partial charge in [-0.25, -0.2) is 0 Å². The van der Waals surface area contributed by atoms with Gasteiger partial charge in [-0.3, -0.25) is 9.48 Å². The third kappa shape index (κ3) is 1.95. The second-order valence-electron chi connectivity index (χ2n) is 3.00. The summed E-state index contributed by atoms with van der Waals surface area (Å²) < 4.78 is 1.62. The summed E-state index contributed by atoms with van der Waals surface area (Å²) in [6.07, 6.45) is 0. The Kier molecular flexibility index (Phi) is 2.95. The average Bonchev–Trinajstić information content (AvgIpc) is 2.39. The molecule has 0 atom stereocenters. The zero-order valence-corrected chi connectivity index (χ0v) is 8.59. The van der Waals surface area contributed by atoms with Crippen molar-refractivity contribution < 1.29 is 4.79 Å². The molecule has 1 aromatic heterocycles. The van der Waals surface area contributed by atoms with Crippen LogP contribution in [0.15, 0.2) is 0 Å². The lowest BCUT2D eigenvalue weighted by Crippen LogP contribution is -2.27. The van der Waals surface area contributed by atoms with E-state index in [1.54, 1.807) is 18.8 Å². The number of hydrogen-bond donors (Lipinski definition) is 3. The molecule has 0 aliphatic carbocycles. The fourth-order valence-corrected chi connectivity index (χ4v) is 1.14. The molecule has 0 aliphatic heterocycles. The summed E-state index contributed by atoms with van der Waals surface area (Å²) >= 11 is 0. The Labute approximate surface area is 82.5 Å². The van der Waals surface area contributed by atoms with Crippen molar-refractivity contribution in [1.82, 2.24) is 15.1 Å². The minimum atomic E-state index is -0.0942. The van der Waals surface area contributed by atoms with E-state index >= 15 is 0 Å². The van der Waals surface area contributed by atoms with Crippen LogP contribution in [0.4, 0.5) is 11.5 Å². The molecule has 0 radical (unpaired) electrons. The van der Waals surface area contributed by atoms with Gasteiger partial charge in [-0.1, -0.05) is 0 Å². The molecule has 0 bridgehead atoms. The van der Waals surface area contributed by atoms with E-state index in [0.29, 0.717) is 11.5 Å². The molecule has 0 spiro atoms. The first kappa shape index (κ1) is 10.4. The molecule has 0 aromatic carbocycles. The molecular formula is C8H15N5O. The minimum Gasteiger partial charge on any atom is -0.394 e. The fourth-order valence-electron chi connectivity index (χ4n) is 1.14. The number of carbonyl (C=O) groups is 1. The highest BCUT2D eigenvalue weighted by Crippen LogP contribution is 2.20. The zero-order valence-electron chi connectivity index (χ0n) is 8.59. The summed E-state index contributed by atoms with van der Waals surface area (Å²) in [6.45, 7) is 2.01. The summed E-state index contributed by atoms with van der Waals surface area (Å²) in [7, 11) is 3.36. The lowest BCUT2D eigenvalue weighted by atomic mass is 10.4. The van der Waals surface area contributed by atoms with Crippen molar-refractivity contribution in [2.24, 2.45) is 7.05 Å². The Morgan fingerprint density at radius 1 is 1.64 bits per heavy atom. The van der Waals surface area contributed by atoms with E-state index in [0.717, 1.165) is 5.69 Å². The van der Waals surface area contributed by atoms with Crippen molar-refractivity contribution in [2.75, 3.05) is 24.6 Å². The number of nitrogens with zero attached hydrogens (tertiary/aromatic N) is 2. The van der Waals surface area contributed by atoms with Gasteiger partial charge in [0, 0.05) is 14.1 Å². The van der Waals surface area contributed by atoms with Crippen molar-refractivity contribution in [3.8, 4) is 0 Å². The lowest BCUT2D eigenvalue weighted by Gasteiger charge is -2.06. The van der Waals surface area contributed by atoms with Gasteiger partial charge >= 0.3 is 0 Å². The molecule has 6 heteroatoms. The molecule has 0 saturated carbocycles. The van der Waals surface area contributed by atoms with Crippen LogP contribution in [-0.4, -0.2) is 29.3 Å². The maximum atomic E-state index is 11.0. The van der Waals surface area contributed by atoms with Crippen LogP contribution in [0.1, 0.15) is 5.69 Å². The summed E-state index contributed by atoms with van der Waals surface area (Å²) in [4.78, 5) is 11.0. The summed E-state index contributed by atoms with van der Waals surface area (Å²) in [5.74, 6) is 0.578.